The van der Waals surface area contributed by atoms with Crippen molar-refractivity contribution in [1.82, 2.24) is 0 Å². The van der Waals surface area contributed by atoms with Crippen LogP contribution in [0.25, 0.3) is 6.08 Å². The fourth-order valence-electron chi connectivity index (χ4n) is 3.26. The first kappa shape index (κ1) is 17.8. The van der Waals surface area contributed by atoms with Crippen LogP contribution in [0.1, 0.15) is 32.3 Å². The van der Waals surface area contributed by atoms with E-state index < -0.39 is 6.10 Å². The minimum atomic E-state index is -0.449. The molecule has 1 aromatic rings. The van der Waals surface area contributed by atoms with Gasteiger partial charge in [-0.25, -0.2) is 0 Å². The standard InChI is InChI=1S/C19H29NO3/c1-4-6-16-8-9-18(19(11-16)22-3)23-14-17(21)13-20-10-5-7-15(2)12-20/h4,6,8-9,11,15,17,21H,5,7,10,12-14H2,1-3H3/p+1/b6-4+/t15-,17-/m0/s1. The van der Waals surface area contributed by atoms with Gasteiger partial charge in [0.1, 0.15) is 19.3 Å². The Kier molecular flexibility index (Phi) is 6.93. The van der Waals surface area contributed by atoms with Gasteiger partial charge in [0.05, 0.1) is 20.2 Å². The van der Waals surface area contributed by atoms with E-state index in [0.29, 0.717) is 18.1 Å². The molecule has 1 heterocycles. The van der Waals surface area contributed by atoms with Crippen molar-refractivity contribution in [2.24, 2.45) is 5.92 Å². The summed E-state index contributed by atoms with van der Waals surface area (Å²) in [5.74, 6) is 2.14. The summed E-state index contributed by atoms with van der Waals surface area (Å²) >= 11 is 0. The summed E-state index contributed by atoms with van der Waals surface area (Å²) in [6.07, 6.45) is 6.12. The van der Waals surface area contributed by atoms with E-state index in [1.165, 1.54) is 17.7 Å². The molecule has 3 atom stereocenters. The number of nitrogens with one attached hydrogen (secondary N) is 1. The number of likely N-dealkylation sites (tertiary alicyclic amines) is 1. The number of ether oxygens (including phenoxy) is 2. The first-order valence-corrected chi connectivity index (χ1v) is 8.57. The molecule has 1 unspecified atom stereocenters. The first-order valence-electron chi connectivity index (χ1n) is 8.57. The lowest BCUT2D eigenvalue weighted by Gasteiger charge is -2.29. The number of benzene rings is 1. The van der Waals surface area contributed by atoms with E-state index in [1.807, 2.05) is 37.3 Å². The summed E-state index contributed by atoms with van der Waals surface area (Å²) in [5.41, 5.74) is 1.07. The molecular formula is C19H30NO3+. The molecule has 4 heteroatoms. The predicted octanol–water partition coefficient (Wildman–Crippen LogP) is 1.78. The Morgan fingerprint density at radius 2 is 2.22 bits per heavy atom. The number of hydrogen-bond donors (Lipinski definition) is 2. The second kappa shape index (κ2) is 8.94. The average molecular weight is 320 g/mol. The normalized spacial score (nSPS) is 23.0. The molecule has 128 valence electrons. The SMILES string of the molecule is C/C=C/c1ccc(OC[C@@H](O)C[NH+]2CCC[C@H](C)C2)c(OC)c1. The Bertz CT molecular complexity index is 515. The molecule has 23 heavy (non-hydrogen) atoms. The Hall–Kier alpha value is -1.52. The van der Waals surface area contributed by atoms with Crippen LogP contribution in [0.15, 0.2) is 24.3 Å². The monoisotopic (exact) mass is 320 g/mol. The molecule has 1 aliphatic rings. The molecule has 0 spiro atoms. The van der Waals surface area contributed by atoms with Crippen LogP contribution in [0, 0.1) is 5.92 Å². The zero-order chi connectivity index (χ0) is 16.7. The fraction of sp³-hybridized carbons (Fsp3) is 0.579. The molecule has 0 saturated carbocycles. The molecule has 0 aromatic heterocycles. The molecule has 0 amide bonds. The number of rotatable bonds is 7. The molecule has 0 bridgehead atoms. The van der Waals surface area contributed by atoms with E-state index in [0.717, 1.165) is 31.1 Å². The van der Waals surface area contributed by atoms with Gasteiger partial charge in [0.25, 0.3) is 0 Å². The van der Waals surface area contributed by atoms with Crippen LogP contribution in [-0.2, 0) is 0 Å². The van der Waals surface area contributed by atoms with E-state index in [4.69, 9.17) is 9.47 Å². The lowest BCUT2D eigenvalue weighted by Crippen LogP contribution is -3.14. The summed E-state index contributed by atoms with van der Waals surface area (Å²) < 4.78 is 11.2. The summed E-state index contributed by atoms with van der Waals surface area (Å²) in [5, 5.41) is 10.3. The lowest BCUT2D eigenvalue weighted by atomic mass is 10.0. The summed E-state index contributed by atoms with van der Waals surface area (Å²) in [6.45, 7) is 7.64. The van der Waals surface area contributed by atoms with Crippen molar-refractivity contribution >= 4 is 6.08 Å². The number of quaternary nitrogens is 1. The summed E-state index contributed by atoms with van der Waals surface area (Å²) in [4.78, 5) is 1.48. The van der Waals surface area contributed by atoms with Crippen molar-refractivity contribution in [3.05, 3.63) is 29.8 Å². The van der Waals surface area contributed by atoms with Crippen molar-refractivity contribution in [3.8, 4) is 11.5 Å². The highest BCUT2D eigenvalue weighted by atomic mass is 16.5. The van der Waals surface area contributed by atoms with Gasteiger partial charge in [-0.15, -0.1) is 0 Å². The van der Waals surface area contributed by atoms with Gasteiger partial charge >= 0.3 is 0 Å². The molecule has 1 saturated heterocycles. The zero-order valence-electron chi connectivity index (χ0n) is 14.5. The topological polar surface area (TPSA) is 43.1 Å². The minimum absolute atomic E-state index is 0.303. The third-order valence-corrected chi connectivity index (χ3v) is 4.37. The second-order valence-electron chi connectivity index (χ2n) is 6.53. The van der Waals surface area contributed by atoms with E-state index in [1.54, 1.807) is 7.11 Å². The fourth-order valence-corrected chi connectivity index (χ4v) is 3.26. The maximum absolute atomic E-state index is 10.3. The van der Waals surface area contributed by atoms with E-state index in [2.05, 4.69) is 6.92 Å². The van der Waals surface area contributed by atoms with Crippen molar-refractivity contribution < 1.29 is 19.5 Å². The average Bonchev–Trinajstić information content (AvgIpc) is 2.54. The summed E-state index contributed by atoms with van der Waals surface area (Å²) in [6, 6.07) is 5.83. The van der Waals surface area contributed by atoms with E-state index >= 15 is 0 Å². The number of piperidine rings is 1. The third kappa shape index (κ3) is 5.56. The molecular weight excluding hydrogens is 290 g/mol. The van der Waals surface area contributed by atoms with Gasteiger partial charge in [-0.05, 0) is 37.5 Å². The molecule has 1 aliphatic heterocycles. The molecule has 2 N–H and O–H groups in total. The molecule has 0 radical (unpaired) electrons. The van der Waals surface area contributed by atoms with Crippen molar-refractivity contribution in [1.29, 1.82) is 0 Å². The number of methoxy groups -OCH3 is 1. The number of hydrogen-bond acceptors (Lipinski definition) is 3. The summed E-state index contributed by atoms with van der Waals surface area (Å²) in [7, 11) is 1.64. The van der Waals surface area contributed by atoms with Gasteiger partial charge in [0.2, 0.25) is 0 Å². The highest BCUT2D eigenvalue weighted by molar-refractivity contribution is 5.55. The smallest absolute Gasteiger partial charge is 0.161 e. The van der Waals surface area contributed by atoms with Gasteiger partial charge in [0.15, 0.2) is 11.5 Å². The Labute approximate surface area is 139 Å². The largest absolute Gasteiger partial charge is 0.493 e. The van der Waals surface area contributed by atoms with Crippen LogP contribution >= 0.6 is 0 Å². The number of allylic oxidation sites excluding steroid dienone is 1. The van der Waals surface area contributed by atoms with Crippen LogP contribution in [0.4, 0.5) is 0 Å². The Balaban J connectivity index is 1.87. The third-order valence-electron chi connectivity index (χ3n) is 4.37. The maximum atomic E-state index is 10.3. The van der Waals surface area contributed by atoms with E-state index in [-0.39, 0.29) is 0 Å². The van der Waals surface area contributed by atoms with Gasteiger partial charge in [-0.3, -0.25) is 0 Å². The molecule has 1 aromatic carbocycles. The zero-order valence-corrected chi connectivity index (χ0v) is 14.5. The van der Waals surface area contributed by atoms with Crippen LogP contribution in [0.5, 0.6) is 11.5 Å². The predicted molar refractivity (Wildman–Crippen MR) is 93.2 cm³/mol. The van der Waals surface area contributed by atoms with Gasteiger partial charge in [-0.1, -0.05) is 25.1 Å². The molecule has 0 aliphatic carbocycles. The molecule has 1 fully saturated rings. The van der Waals surface area contributed by atoms with Gasteiger partial charge in [-0.2, -0.15) is 0 Å². The van der Waals surface area contributed by atoms with Crippen LogP contribution in [0.3, 0.4) is 0 Å². The maximum Gasteiger partial charge on any atom is 0.161 e. The van der Waals surface area contributed by atoms with Crippen LogP contribution < -0.4 is 14.4 Å². The number of aliphatic hydroxyl groups excluding tert-OH is 1. The minimum Gasteiger partial charge on any atom is -0.493 e. The van der Waals surface area contributed by atoms with Crippen LogP contribution in [-0.4, -0.2) is 44.6 Å². The second-order valence-corrected chi connectivity index (χ2v) is 6.53. The molecule has 4 nitrogen and oxygen atoms in total. The van der Waals surface area contributed by atoms with Gasteiger partial charge in [0, 0.05) is 5.92 Å². The highest BCUT2D eigenvalue weighted by Gasteiger charge is 2.22. The van der Waals surface area contributed by atoms with Crippen molar-refractivity contribution in [2.45, 2.75) is 32.8 Å². The highest BCUT2D eigenvalue weighted by Crippen LogP contribution is 2.28. The quantitative estimate of drug-likeness (QED) is 0.805. The van der Waals surface area contributed by atoms with E-state index in [9.17, 15) is 5.11 Å². The first-order chi connectivity index (χ1) is 11.1. The lowest BCUT2D eigenvalue weighted by molar-refractivity contribution is -0.911. The Morgan fingerprint density at radius 3 is 2.91 bits per heavy atom. The number of aliphatic hydroxyl groups is 1. The van der Waals surface area contributed by atoms with Crippen molar-refractivity contribution in [3.63, 3.8) is 0 Å². The van der Waals surface area contributed by atoms with Crippen molar-refractivity contribution in [2.75, 3.05) is 33.4 Å². The van der Waals surface area contributed by atoms with Crippen LogP contribution in [0.2, 0.25) is 0 Å². The van der Waals surface area contributed by atoms with Gasteiger partial charge < -0.3 is 19.5 Å². The Morgan fingerprint density at radius 1 is 1.39 bits per heavy atom. The molecule has 2 rings (SSSR count).